The first-order valence-electron chi connectivity index (χ1n) is 7.52. The highest BCUT2D eigenvalue weighted by Gasteiger charge is 2.35. The molecule has 5 nitrogen and oxygen atoms in total. The van der Waals surface area contributed by atoms with Crippen LogP contribution in [-0.2, 0) is 5.41 Å². The van der Waals surface area contributed by atoms with Gasteiger partial charge in [0, 0.05) is 31.1 Å². The summed E-state index contributed by atoms with van der Waals surface area (Å²) in [5, 5.41) is 1.14. The van der Waals surface area contributed by atoms with Gasteiger partial charge in [0.1, 0.15) is 18.0 Å². The van der Waals surface area contributed by atoms with E-state index in [0.717, 1.165) is 37.3 Å². The molecule has 0 atom stereocenters. The Morgan fingerprint density at radius 3 is 2.43 bits per heavy atom. The van der Waals surface area contributed by atoms with E-state index < -0.39 is 0 Å². The summed E-state index contributed by atoms with van der Waals surface area (Å²) in [5.74, 6) is 1.34. The third-order valence-electron chi connectivity index (χ3n) is 4.64. The van der Waals surface area contributed by atoms with Crippen LogP contribution in [-0.4, -0.2) is 29.6 Å². The van der Waals surface area contributed by atoms with Gasteiger partial charge in [0.05, 0.1) is 10.0 Å². The number of nitrogen functional groups attached to an aromatic ring is 1. The number of hydrogen-bond acceptors (Lipinski definition) is 5. The van der Waals surface area contributed by atoms with Crippen molar-refractivity contribution < 1.29 is 0 Å². The zero-order valence-corrected chi connectivity index (χ0v) is 14.2. The minimum atomic E-state index is -0.0801. The first kappa shape index (κ1) is 16.3. The number of halogens is 2. The molecule has 0 bridgehead atoms. The van der Waals surface area contributed by atoms with Crippen LogP contribution in [0.15, 0.2) is 30.6 Å². The molecule has 0 spiro atoms. The lowest BCUT2D eigenvalue weighted by molar-refractivity contribution is 0.339. The van der Waals surface area contributed by atoms with E-state index in [1.165, 1.54) is 6.33 Å². The van der Waals surface area contributed by atoms with Crippen LogP contribution in [0.2, 0.25) is 10.0 Å². The van der Waals surface area contributed by atoms with Gasteiger partial charge in [-0.2, -0.15) is 0 Å². The highest BCUT2D eigenvalue weighted by atomic mass is 35.5. The van der Waals surface area contributed by atoms with E-state index in [9.17, 15) is 0 Å². The molecular weight excluding hydrogens is 333 g/mol. The van der Waals surface area contributed by atoms with Gasteiger partial charge in [-0.15, -0.1) is 0 Å². The summed E-state index contributed by atoms with van der Waals surface area (Å²) in [6.45, 7) is 2.28. The molecule has 1 aliphatic rings. The van der Waals surface area contributed by atoms with Crippen LogP contribution < -0.4 is 16.4 Å². The van der Waals surface area contributed by atoms with E-state index in [1.54, 1.807) is 6.07 Å². The molecule has 2 heterocycles. The lowest BCUT2D eigenvalue weighted by Crippen LogP contribution is -2.47. The van der Waals surface area contributed by atoms with Crippen LogP contribution >= 0.6 is 23.2 Å². The van der Waals surface area contributed by atoms with Gasteiger partial charge in [0.2, 0.25) is 0 Å². The number of rotatable bonds is 3. The molecule has 23 heavy (non-hydrogen) atoms. The van der Waals surface area contributed by atoms with Gasteiger partial charge >= 0.3 is 0 Å². The highest BCUT2D eigenvalue weighted by molar-refractivity contribution is 6.42. The van der Waals surface area contributed by atoms with Gasteiger partial charge in [0.15, 0.2) is 0 Å². The van der Waals surface area contributed by atoms with Gasteiger partial charge in [-0.05, 0) is 30.5 Å². The van der Waals surface area contributed by atoms with E-state index >= 15 is 0 Å². The lowest BCUT2D eigenvalue weighted by Gasteiger charge is -2.42. The number of benzene rings is 1. The maximum atomic E-state index is 6.18. The van der Waals surface area contributed by atoms with Crippen LogP contribution in [0.1, 0.15) is 18.4 Å². The van der Waals surface area contributed by atoms with Crippen molar-refractivity contribution in [2.45, 2.75) is 18.3 Å². The summed E-state index contributed by atoms with van der Waals surface area (Å²) >= 11 is 12.2. The van der Waals surface area contributed by atoms with Crippen LogP contribution in [0.4, 0.5) is 11.6 Å². The zero-order valence-electron chi connectivity index (χ0n) is 12.7. The number of hydrogen-bond donors (Lipinski definition) is 2. The molecule has 1 fully saturated rings. The Morgan fingerprint density at radius 1 is 1.09 bits per heavy atom. The minimum Gasteiger partial charge on any atom is -0.384 e. The van der Waals surface area contributed by atoms with Crippen molar-refractivity contribution in [2.75, 3.05) is 30.3 Å². The van der Waals surface area contributed by atoms with E-state index in [1.807, 2.05) is 18.2 Å². The van der Waals surface area contributed by atoms with Crippen molar-refractivity contribution >= 4 is 34.8 Å². The molecule has 1 saturated heterocycles. The first-order valence-corrected chi connectivity index (χ1v) is 8.28. The van der Waals surface area contributed by atoms with Crippen molar-refractivity contribution in [1.82, 2.24) is 9.97 Å². The summed E-state index contributed by atoms with van der Waals surface area (Å²) in [6, 6.07) is 7.61. The number of aromatic nitrogens is 2. The Morgan fingerprint density at radius 2 is 1.83 bits per heavy atom. The van der Waals surface area contributed by atoms with Gasteiger partial charge in [0.25, 0.3) is 0 Å². The van der Waals surface area contributed by atoms with Crippen LogP contribution in [0, 0.1) is 0 Å². The average molecular weight is 352 g/mol. The molecule has 0 saturated carbocycles. The largest absolute Gasteiger partial charge is 0.384 e. The summed E-state index contributed by atoms with van der Waals surface area (Å²) in [4.78, 5) is 10.4. The molecule has 4 N–H and O–H groups in total. The molecule has 1 aliphatic heterocycles. The number of nitrogens with two attached hydrogens (primary N) is 2. The normalized spacial score (nSPS) is 17.3. The fourth-order valence-corrected chi connectivity index (χ4v) is 3.43. The maximum Gasteiger partial charge on any atom is 0.134 e. The fraction of sp³-hybridized carbons (Fsp3) is 0.375. The zero-order chi connectivity index (χ0) is 16.4. The summed E-state index contributed by atoms with van der Waals surface area (Å²) in [7, 11) is 0. The van der Waals surface area contributed by atoms with Crippen LogP contribution in [0.5, 0.6) is 0 Å². The molecule has 1 aromatic heterocycles. The molecule has 0 amide bonds. The molecule has 0 unspecified atom stereocenters. The number of piperidine rings is 1. The molecule has 122 valence electrons. The molecule has 7 heteroatoms. The Kier molecular flexibility index (Phi) is 4.62. The predicted molar refractivity (Wildman–Crippen MR) is 95.1 cm³/mol. The molecule has 0 radical (unpaired) electrons. The van der Waals surface area contributed by atoms with Crippen molar-refractivity contribution in [2.24, 2.45) is 5.73 Å². The Balaban J connectivity index is 1.80. The number of nitrogens with zero attached hydrogens (tertiary/aromatic N) is 3. The van der Waals surface area contributed by atoms with Crippen molar-refractivity contribution in [1.29, 1.82) is 0 Å². The molecule has 1 aromatic carbocycles. The Labute approximate surface area is 145 Å². The monoisotopic (exact) mass is 351 g/mol. The third kappa shape index (κ3) is 3.22. The van der Waals surface area contributed by atoms with E-state index in [2.05, 4.69) is 14.9 Å². The number of anilines is 2. The summed E-state index contributed by atoms with van der Waals surface area (Å²) < 4.78 is 0. The molecule has 2 aromatic rings. The molecule has 3 rings (SSSR count). The van der Waals surface area contributed by atoms with Gasteiger partial charge in [-0.1, -0.05) is 29.3 Å². The highest BCUT2D eigenvalue weighted by Crippen LogP contribution is 2.38. The van der Waals surface area contributed by atoms with Crippen LogP contribution in [0.25, 0.3) is 0 Å². The van der Waals surface area contributed by atoms with E-state index in [-0.39, 0.29) is 5.41 Å². The second kappa shape index (κ2) is 6.51. The summed E-state index contributed by atoms with van der Waals surface area (Å²) in [6.07, 6.45) is 3.34. The maximum absolute atomic E-state index is 6.18. The SMILES string of the molecule is NCC1(c2ccc(Cl)c(Cl)c2)CCN(c2cc(N)ncn2)CC1. The standard InChI is InChI=1S/C16H19Cl2N5/c17-12-2-1-11(7-13(12)18)16(9-19)3-5-23(6-4-16)15-8-14(20)21-10-22-15/h1-2,7-8,10H,3-6,9,19H2,(H2,20,21,22). The second-order valence-electron chi connectivity index (χ2n) is 5.90. The first-order chi connectivity index (χ1) is 11.0. The van der Waals surface area contributed by atoms with E-state index in [0.29, 0.717) is 22.4 Å². The average Bonchev–Trinajstić information content (AvgIpc) is 2.57. The quantitative estimate of drug-likeness (QED) is 0.888. The van der Waals surface area contributed by atoms with Crippen molar-refractivity contribution in [3.8, 4) is 0 Å². The van der Waals surface area contributed by atoms with Gasteiger partial charge in [-0.25, -0.2) is 9.97 Å². The van der Waals surface area contributed by atoms with Crippen LogP contribution in [0.3, 0.4) is 0 Å². The van der Waals surface area contributed by atoms with Crippen molar-refractivity contribution in [3.05, 3.63) is 46.2 Å². The minimum absolute atomic E-state index is 0.0801. The Hall–Kier alpha value is -1.56. The molecule has 0 aliphatic carbocycles. The van der Waals surface area contributed by atoms with Crippen molar-refractivity contribution in [3.63, 3.8) is 0 Å². The van der Waals surface area contributed by atoms with E-state index in [4.69, 9.17) is 34.7 Å². The third-order valence-corrected chi connectivity index (χ3v) is 5.38. The smallest absolute Gasteiger partial charge is 0.134 e. The predicted octanol–water partition coefficient (Wildman–Crippen LogP) is 2.86. The Bertz CT molecular complexity index is 699. The van der Waals surface area contributed by atoms with Gasteiger partial charge < -0.3 is 16.4 Å². The fourth-order valence-electron chi connectivity index (χ4n) is 3.13. The second-order valence-corrected chi connectivity index (χ2v) is 6.72. The lowest BCUT2D eigenvalue weighted by atomic mass is 9.73. The summed E-state index contributed by atoms with van der Waals surface area (Å²) in [5.41, 5.74) is 12.9. The molecular formula is C16H19Cl2N5. The topological polar surface area (TPSA) is 81.1 Å². The van der Waals surface area contributed by atoms with Gasteiger partial charge in [-0.3, -0.25) is 0 Å².